The fourth-order valence-electron chi connectivity index (χ4n) is 5.00. The monoisotopic (exact) mass is 546 g/mol. The lowest BCUT2D eigenvalue weighted by Gasteiger charge is -2.39. The molecular formula is C29H29ClFN7O. The molecule has 39 heavy (non-hydrogen) atoms. The maximum Gasteiger partial charge on any atom is 0.123 e. The number of rotatable bonds is 7. The maximum atomic E-state index is 13.8. The van der Waals surface area contributed by atoms with E-state index in [0.717, 1.165) is 19.3 Å². The summed E-state index contributed by atoms with van der Waals surface area (Å²) in [6, 6.07) is 10.3. The van der Waals surface area contributed by atoms with Gasteiger partial charge in [0.05, 0.1) is 48.0 Å². The van der Waals surface area contributed by atoms with E-state index in [-0.39, 0.29) is 17.5 Å². The van der Waals surface area contributed by atoms with E-state index < -0.39 is 11.8 Å². The number of nitrogens with zero attached hydrogens (tertiary/aromatic N) is 5. The molecule has 2 fully saturated rings. The molecule has 0 spiro atoms. The Morgan fingerprint density at radius 3 is 2.77 bits per heavy atom. The van der Waals surface area contributed by atoms with Crippen molar-refractivity contribution in [3.63, 3.8) is 0 Å². The van der Waals surface area contributed by atoms with Crippen LogP contribution in [0.4, 0.5) is 15.8 Å². The van der Waals surface area contributed by atoms with Gasteiger partial charge >= 0.3 is 0 Å². The molecular weight excluding hydrogens is 517 g/mol. The summed E-state index contributed by atoms with van der Waals surface area (Å²) in [5.41, 5.74) is 2.78. The van der Waals surface area contributed by atoms with Gasteiger partial charge in [-0.1, -0.05) is 42.8 Å². The van der Waals surface area contributed by atoms with Gasteiger partial charge in [0.2, 0.25) is 0 Å². The SMILES string of the molecule is [2H][C@@](Nc1cc(Cl)c2ncc(C#N)c(N[C@@H]3CCOCC3(C)C)c2c1)(c1ccc(F)cc1)c1cn(C2CC2)nn1. The van der Waals surface area contributed by atoms with Crippen LogP contribution in [0.5, 0.6) is 0 Å². The highest BCUT2D eigenvalue weighted by Gasteiger charge is 2.34. The van der Waals surface area contributed by atoms with Crippen LogP contribution in [0.25, 0.3) is 10.9 Å². The molecule has 1 aliphatic heterocycles. The normalized spacial score (nSPS) is 20.6. The second-order valence-corrected chi connectivity index (χ2v) is 11.3. The Kier molecular flexibility index (Phi) is 6.30. The number of pyridine rings is 1. The molecule has 1 saturated heterocycles. The Morgan fingerprint density at radius 1 is 1.26 bits per heavy atom. The first kappa shape index (κ1) is 24.3. The smallest absolute Gasteiger partial charge is 0.123 e. The van der Waals surface area contributed by atoms with E-state index >= 15 is 0 Å². The van der Waals surface area contributed by atoms with E-state index in [1.165, 1.54) is 18.3 Å². The summed E-state index contributed by atoms with van der Waals surface area (Å²) in [6.45, 7) is 5.49. The third-order valence-electron chi connectivity index (χ3n) is 7.42. The van der Waals surface area contributed by atoms with Crippen LogP contribution in [0.15, 0.2) is 48.8 Å². The van der Waals surface area contributed by atoms with Crippen molar-refractivity contribution in [2.45, 2.75) is 51.2 Å². The van der Waals surface area contributed by atoms with Crippen LogP contribution in [0.2, 0.25) is 5.02 Å². The van der Waals surface area contributed by atoms with Crippen molar-refractivity contribution >= 4 is 33.9 Å². The third kappa shape index (κ3) is 5.14. The second-order valence-electron chi connectivity index (χ2n) is 10.9. The minimum absolute atomic E-state index is 0.0567. The van der Waals surface area contributed by atoms with E-state index in [9.17, 15) is 11.0 Å². The van der Waals surface area contributed by atoms with Crippen molar-refractivity contribution in [1.29, 1.82) is 5.26 Å². The van der Waals surface area contributed by atoms with E-state index in [1.54, 1.807) is 29.1 Å². The Labute approximate surface area is 232 Å². The summed E-state index contributed by atoms with van der Waals surface area (Å²) in [5.74, 6) is -0.400. The van der Waals surface area contributed by atoms with Gasteiger partial charge in [0.25, 0.3) is 0 Å². The molecule has 8 nitrogen and oxygen atoms in total. The first-order valence-electron chi connectivity index (χ1n) is 13.5. The Balaban J connectivity index is 1.45. The fourth-order valence-corrected chi connectivity index (χ4v) is 5.26. The summed E-state index contributed by atoms with van der Waals surface area (Å²) in [6.07, 6.45) is 6.11. The number of hydrogen-bond acceptors (Lipinski definition) is 7. The first-order valence-corrected chi connectivity index (χ1v) is 13.4. The zero-order chi connectivity index (χ0) is 28.1. The van der Waals surface area contributed by atoms with Gasteiger partial charge in [0, 0.05) is 35.3 Å². The van der Waals surface area contributed by atoms with Gasteiger partial charge in [-0.05, 0) is 49.1 Å². The quantitative estimate of drug-likeness (QED) is 0.282. The second kappa shape index (κ2) is 10.1. The van der Waals surface area contributed by atoms with Gasteiger partial charge in [-0.2, -0.15) is 5.26 Å². The number of aromatic nitrogens is 4. The topological polar surface area (TPSA) is 101 Å². The number of benzene rings is 2. The molecule has 2 aliphatic rings. The summed E-state index contributed by atoms with van der Waals surface area (Å²) in [5, 5.41) is 26.4. The van der Waals surface area contributed by atoms with Crippen molar-refractivity contribution in [2.75, 3.05) is 23.8 Å². The van der Waals surface area contributed by atoms with Crippen LogP contribution in [0, 0.1) is 22.6 Å². The number of hydrogen-bond donors (Lipinski definition) is 2. The van der Waals surface area contributed by atoms with Crippen LogP contribution in [-0.2, 0) is 4.74 Å². The van der Waals surface area contributed by atoms with Crippen molar-refractivity contribution in [2.24, 2.45) is 5.41 Å². The van der Waals surface area contributed by atoms with Gasteiger partial charge in [-0.15, -0.1) is 5.10 Å². The van der Waals surface area contributed by atoms with E-state index in [1.807, 2.05) is 6.07 Å². The molecule has 200 valence electrons. The van der Waals surface area contributed by atoms with E-state index in [2.05, 4.69) is 45.8 Å². The van der Waals surface area contributed by atoms with Crippen LogP contribution in [0.1, 0.15) is 63.4 Å². The van der Waals surface area contributed by atoms with Gasteiger partial charge < -0.3 is 15.4 Å². The van der Waals surface area contributed by atoms with Crippen molar-refractivity contribution in [3.8, 4) is 6.07 Å². The van der Waals surface area contributed by atoms with Crippen LogP contribution in [-0.4, -0.2) is 39.2 Å². The van der Waals surface area contributed by atoms with Crippen LogP contribution < -0.4 is 10.6 Å². The first-order chi connectivity index (χ1) is 19.2. The summed E-state index contributed by atoms with van der Waals surface area (Å²) < 4.78 is 30.9. The average molecular weight is 547 g/mol. The minimum Gasteiger partial charge on any atom is -0.381 e. The Hall–Kier alpha value is -3.74. The molecule has 0 bridgehead atoms. The minimum atomic E-state index is -1.60. The van der Waals surface area contributed by atoms with Gasteiger partial charge in [-0.3, -0.25) is 4.98 Å². The molecule has 2 aromatic heterocycles. The highest BCUT2D eigenvalue weighted by atomic mass is 35.5. The van der Waals surface area contributed by atoms with Gasteiger partial charge in [0.15, 0.2) is 0 Å². The van der Waals surface area contributed by atoms with Crippen molar-refractivity contribution < 1.29 is 10.5 Å². The maximum absolute atomic E-state index is 13.8. The Morgan fingerprint density at radius 2 is 2.05 bits per heavy atom. The molecule has 2 atom stereocenters. The molecule has 3 heterocycles. The highest BCUT2D eigenvalue weighted by Crippen LogP contribution is 2.39. The largest absolute Gasteiger partial charge is 0.381 e. The molecule has 2 aromatic carbocycles. The molecule has 6 rings (SSSR count). The molecule has 0 radical (unpaired) electrons. The van der Waals surface area contributed by atoms with Crippen molar-refractivity contribution in [1.82, 2.24) is 20.0 Å². The Bertz CT molecular complexity index is 1620. The number of fused-ring (bicyclic) bond motifs is 1. The summed E-state index contributed by atoms with van der Waals surface area (Å²) in [7, 11) is 0. The number of halogens is 2. The lowest BCUT2D eigenvalue weighted by Crippen LogP contribution is -2.44. The van der Waals surface area contributed by atoms with Gasteiger partial charge in [-0.25, -0.2) is 9.07 Å². The van der Waals surface area contributed by atoms with Crippen LogP contribution in [0.3, 0.4) is 0 Å². The summed E-state index contributed by atoms with van der Waals surface area (Å²) in [4.78, 5) is 4.47. The number of ether oxygens (including phenoxy) is 1. The molecule has 2 N–H and O–H groups in total. The molecule has 0 unspecified atom stereocenters. The molecule has 1 saturated carbocycles. The lowest BCUT2D eigenvalue weighted by molar-refractivity contribution is 0.00350. The molecule has 0 amide bonds. The standard InChI is InChI=1S/C29H29ClFN7O/c1-29(2)16-39-10-9-25(29)35-26-18(13-32)14-33-28-22(26)11-20(12-23(28)30)34-27(17-3-5-19(31)6-4-17)24-15-38(37-36-24)21-7-8-21/h3-6,11-12,14-15,21,25,27,34H,7-10,16H2,1-2H3,(H,33,35)/t25-,27-/m1/s1/i27D. The fraction of sp³-hybridized carbons (Fsp3) is 0.379. The zero-order valence-electron chi connectivity index (χ0n) is 22.7. The molecule has 4 aromatic rings. The van der Waals surface area contributed by atoms with Gasteiger partial charge in [0.1, 0.15) is 17.6 Å². The number of nitrogens with one attached hydrogen (secondary N) is 2. The van der Waals surface area contributed by atoms with E-state index in [0.29, 0.717) is 57.3 Å². The van der Waals surface area contributed by atoms with Crippen LogP contribution >= 0.6 is 11.6 Å². The summed E-state index contributed by atoms with van der Waals surface area (Å²) >= 11 is 6.75. The zero-order valence-corrected chi connectivity index (χ0v) is 22.5. The lowest BCUT2D eigenvalue weighted by atomic mass is 9.81. The predicted octanol–water partition coefficient (Wildman–Crippen LogP) is 6.25. The molecule has 10 heteroatoms. The predicted molar refractivity (Wildman–Crippen MR) is 148 cm³/mol. The highest BCUT2D eigenvalue weighted by molar-refractivity contribution is 6.35. The molecule has 1 aliphatic carbocycles. The van der Waals surface area contributed by atoms with Crippen molar-refractivity contribution in [3.05, 3.63) is 76.5 Å². The number of nitriles is 1. The third-order valence-corrected chi connectivity index (χ3v) is 7.71. The average Bonchev–Trinajstić information content (AvgIpc) is 3.65. The number of anilines is 2. The van der Waals surface area contributed by atoms with E-state index in [4.69, 9.17) is 16.3 Å².